The van der Waals surface area contributed by atoms with Crippen molar-refractivity contribution >= 4 is 17.6 Å². The van der Waals surface area contributed by atoms with Crippen LogP contribution in [0.1, 0.15) is 13.3 Å². The molecule has 0 atom stereocenters. The van der Waals surface area contributed by atoms with E-state index in [1.54, 1.807) is 25.1 Å². The van der Waals surface area contributed by atoms with Gasteiger partial charge in [0.1, 0.15) is 0 Å². The molecule has 0 aromatic heterocycles. The Labute approximate surface area is 87.6 Å². The Bertz CT molecular complexity index is 336. The molecule has 0 N–H and O–H groups in total. The second-order valence-corrected chi connectivity index (χ2v) is 3.01. The van der Waals surface area contributed by atoms with Crippen molar-refractivity contribution in [1.29, 1.82) is 0 Å². The van der Waals surface area contributed by atoms with E-state index < -0.39 is 0 Å². The Hall–Kier alpha value is -1.22. The van der Waals surface area contributed by atoms with E-state index in [-0.39, 0.29) is 11.7 Å². The average molecular weight is 215 g/mol. The largest absolute Gasteiger partial charge is 0.493 e. The summed E-state index contributed by atoms with van der Waals surface area (Å²) in [5.74, 6) is 0.402. The zero-order valence-electron chi connectivity index (χ0n) is 8.04. The molecule has 0 heterocycles. The van der Waals surface area contributed by atoms with Crippen LogP contribution >= 0.6 is 11.6 Å². The predicted molar refractivity (Wildman–Crippen MR) is 53.9 cm³/mol. The Morgan fingerprint density at radius 2 is 2.21 bits per heavy atom. The zero-order valence-corrected chi connectivity index (χ0v) is 8.80. The van der Waals surface area contributed by atoms with Crippen LogP contribution in [0.3, 0.4) is 0 Å². The molecular weight excluding hydrogens is 204 g/mol. The number of methoxy groups -OCH3 is 1. The summed E-state index contributed by atoms with van der Waals surface area (Å²) in [5, 5.41) is 0.367. The number of esters is 1. The standard InChI is InChI=1S/C10H11ClO3/c1-3-9(12)14-10-7(11)5-4-6-8(10)13-2/h4-6H,3H2,1-2H3. The lowest BCUT2D eigenvalue weighted by Gasteiger charge is -2.09. The number of carbonyl (C=O) groups excluding carboxylic acids is 1. The second-order valence-electron chi connectivity index (χ2n) is 2.60. The first kappa shape index (κ1) is 10.9. The molecule has 0 saturated carbocycles. The van der Waals surface area contributed by atoms with Crippen LogP contribution in [0.15, 0.2) is 18.2 Å². The topological polar surface area (TPSA) is 35.5 Å². The van der Waals surface area contributed by atoms with Crippen LogP contribution in [0, 0.1) is 0 Å². The van der Waals surface area contributed by atoms with Crippen LogP contribution in [-0.4, -0.2) is 13.1 Å². The van der Waals surface area contributed by atoms with E-state index >= 15 is 0 Å². The fourth-order valence-electron chi connectivity index (χ4n) is 0.935. The molecule has 76 valence electrons. The Kier molecular flexibility index (Phi) is 3.77. The van der Waals surface area contributed by atoms with E-state index in [9.17, 15) is 4.79 Å². The van der Waals surface area contributed by atoms with Gasteiger partial charge in [0.2, 0.25) is 0 Å². The molecule has 4 heteroatoms. The fraction of sp³-hybridized carbons (Fsp3) is 0.300. The summed E-state index contributed by atoms with van der Waals surface area (Å²) >= 11 is 5.85. The maximum absolute atomic E-state index is 11.1. The third-order valence-electron chi connectivity index (χ3n) is 1.66. The minimum atomic E-state index is -0.337. The van der Waals surface area contributed by atoms with Crippen molar-refractivity contribution < 1.29 is 14.3 Å². The van der Waals surface area contributed by atoms with Crippen molar-refractivity contribution in [1.82, 2.24) is 0 Å². The van der Waals surface area contributed by atoms with Crippen molar-refractivity contribution in [3.05, 3.63) is 23.2 Å². The first-order valence-corrected chi connectivity index (χ1v) is 4.60. The highest BCUT2D eigenvalue weighted by molar-refractivity contribution is 6.32. The summed E-state index contributed by atoms with van der Waals surface area (Å²) in [6, 6.07) is 5.05. The van der Waals surface area contributed by atoms with Crippen molar-refractivity contribution in [2.75, 3.05) is 7.11 Å². The summed E-state index contributed by atoms with van der Waals surface area (Å²) in [5.41, 5.74) is 0. The number of ether oxygens (including phenoxy) is 2. The summed E-state index contributed by atoms with van der Waals surface area (Å²) in [4.78, 5) is 11.1. The third-order valence-corrected chi connectivity index (χ3v) is 1.95. The molecule has 14 heavy (non-hydrogen) atoms. The van der Waals surface area contributed by atoms with Crippen LogP contribution in [0.5, 0.6) is 11.5 Å². The molecule has 0 fully saturated rings. The smallest absolute Gasteiger partial charge is 0.311 e. The number of hydrogen-bond acceptors (Lipinski definition) is 3. The fourth-order valence-corrected chi connectivity index (χ4v) is 1.14. The lowest BCUT2D eigenvalue weighted by Crippen LogP contribution is -2.06. The maximum atomic E-state index is 11.1. The first-order chi connectivity index (χ1) is 6.69. The Morgan fingerprint density at radius 1 is 1.50 bits per heavy atom. The number of rotatable bonds is 3. The van der Waals surface area contributed by atoms with E-state index in [4.69, 9.17) is 21.1 Å². The molecule has 0 saturated heterocycles. The highest BCUT2D eigenvalue weighted by Gasteiger charge is 2.11. The lowest BCUT2D eigenvalue weighted by atomic mass is 10.3. The van der Waals surface area contributed by atoms with Gasteiger partial charge in [0, 0.05) is 6.42 Å². The number of halogens is 1. The average Bonchev–Trinajstić information content (AvgIpc) is 2.20. The molecule has 3 nitrogen and oxygen atoms in total. The normalized spacial score (nSPS) is 9.64. The van der Waals surface area contributed by atoms with Gasteiger partial charge in [-0.05, 0) is 12.1 Å². The van der Waals surface area contributed by atoms with E-state index in [2.05, 4.69) is 0 Å². The van der Waals surface area contributed by atoms with Crippen LogP contribution in [-0.2, 0) is 4.79 Å². The molecule has 0 aliphatic rings. The van der Waals surface area contributed by atoms with Crippen molar-refractivity contribution in [3.63, 3.8) is 0 Å². The second kappa shape index (κ2) is 4.86. The van der Waals surface area contributed by atoms with Gasteiger partial charge in [0.15, 0.2) is 11.5 Å². The molecule has 1 aromatic carbocycles. The molecular formula is C10H11ClO3. The summed E-state index contributed by atoms with van der Waals surface area (Å²) < 4.78 is 10.0. The summed E-state index contributed by atoms with van der Waals surface area (Å²) in [6.07, 6.45) is 0.300. The van der Waals surface area contributed by atoms with E-state index in [1.165, 1.54) is 7.11 Å². The minimum Gasteiger partial charge on any atom is -0.493 e. The van der Waals surface area contributed by atoms with Gasteiger partial charge in [-0.1, -0.05) is 24.6 Å². The number of hydrogen-bond donors (Lipinski definition) is 0. The van der Waals surface area contributed by atoms with Gasteiger partial charge in [-0.2, -0.15) is 0 Å². The SMILES string of the molecule is CCC(=O)Oc1c(Cl)cccc1OC. The van der Waals surface area contributed by atoms with Gasteiger partial charge in [-0.3, -0.25) is 4.79 Å². The molecule has 0 unspecified atom stereocenters. The lowest BCUT2D eigenvalue weighted by molar-refractivity contribution is -0.134. The Balaban J connectivity index is 2.98. The molecule has 0 amide bonds. The first-order valence-electron chi connectivity index (χ1n) is 4.22. The van der Waals surface area contributed by atoms with Crippen LogP contribution < -0.4 is 9.47 Å². The quantitative estimate of drug-likeness (QED) is 0.573. The van der Waals surface area contributed by atoms with Gasteiger partial charge in [-0.25, -0.2) is 0 Å². The highest BCUT2D eigenvalue weighted by atomic mass is 35.5. The zero-order chi connectivity index (χ0) is 10.6. The molecule has 0 aliphatic heterocycles. The van der Waals surface area contributed by atoms with E-state index in [0.717, 1.165) is 0 Å². The predicted octanol–water partition coefficient (Wildman–Crippen LogP) is 2.66. The van der Waals surface area contributed by atoms with Crippen molar-refractivity contribution in [2.45, 2.75) is 13.3 Å². The van der Waals surface area contributed by atoms with Gasteiger partial charge in [-0.15, -0.1) is 0 Å². The molecule has 0 spiro atoms. The summed E-state index contributed by atoms with van der Waals surface area (Å²) in [6.45, 7) is 1.71. The summed E-state index contributed by atoms with van der Waals surface area (Å²) in [7, 11) is 1.49. The number of carbonyl (C=O) groups is 1. The van der Waals surface area contributed by atoms with E-state index in [1.807, 2.05) is 0 Å². The van der Waals surface area contributed by atoms with Crippen LogP contribution in [0.2, 0.25) is 5.02 Å². The number of benzene rings is 1. The molecule has 0 radical (unpaired) electrons. The van der Waals surface area contributed by atoms with Crippen LogP contribution in [0.25, 0.3) is 0 Å². The maximum Gasteiger partial charge on any atom is 0.311 e. The van der Waals surface area contributed by atoms with Gasteiger partial charge >= 0.3 is 5.97 Å². The molecule has 1 aromatic rings. The van der Waals surface area contributed by atoms with Gasteiger partial charge in [0.25, 0.3) is 0 Å². The van der Waals surface area contributed by atoms with E-state index in [0.29, 0.717) is 17.2 Å². The van der Waals surface area contributed by atoms with Crippen molar-refractivity contribution in [2.24, 2.45) is 0 Å². The number of para-hydroxylation sites is 1. The minimum absolute atomic E-state index is 0.281. The van der Waals surface area contributed by atoms with Crippen LogP contribution in [0.4, 0.5) is 0 Å². The molecule has 0 bridgehead atoms. The molecule has 1 rings (SSSR count). The molecule has 0 aliphatic carbocycles. The van der Waals surface area contributed by atoms with Gasteiger partial charge < -0.3 is 9.47 Å². The third kappa shape index (κ3) is 2.39. The van der Waals surface area contributed by atoms with Gasteiger partial charge in [0.05, 0.1) is 12.1 Å². The Morgan fingerprint density at radius 3 is 2.79 bits per heavy atom. The monoisotopic (exact) mass is 214 g/mol. The highest BCUT2D eigenvalue weighted by Crippen LogP contribution is 2.34. The van der Waals surface area contributed by atoms with Crippen molar-refractivity contribution in [3.8, 4) is 11.5 Å².